The largest absolute Gasteiger partial charge is 0.471 e. The Balaban J connectivity index is 1.61. The number of rotatable bonds is 4. The molecule has 3 rings (SSSR count). The SMILES string of the molecule is Cc1ccc(-c2nnc(CNC(=O)C3CCCN3C(=O)C(F)(F)F)o2)cc1. The third-order valence-electron chi connectivity index (χ3n) is 4.24. The number of amides is 2. The van der Waals surface area contributed by atoms with Crippen LogP contribution in [0.25, 0.3) is 11.5 Å². The number of alkyl halides is 3. The predicted molar refractivity (Wildman–Crippen MR) is 87.1 cm³/mol. The second kappa shape index (κ2) is 7.37. The number of hydrogen-bond donors (Lipinski definition) is 1. The number of aryl methyl sites for hydroxylation is 1. The van der Waals surface area contributed by atoms with E-state index in [0.29, 0.717) is 16.9 Å². The topological polar surface area (TPSA) is 88.3 Å². The minimum absolute atomic E-state index is 0.103. The van der Waals surface area contributed by atoms with E-state index in [4.69, 9.17) is 4.42 Å². The number of hydrogen-bond acceptors (Lipinski definition) is 5. The molecule has 0 spiro atoms. The molecule has 0 bridgehead atoms. The van der Waals surface area contributed by atoms with Crippen molar-refractivity contribution in [3.63, 3.8) is 0 Å². The minimum atomic E-state index is -5.00. The van der Waals surface area contributed by atoms with Gasteiger partial charge in [0.1, 0.15) is 6.04 Å². The summed E-state index contributed by atoms with van der Waals surface area (Å²) in [6.07, 6.45) is -4.50. The fourth-order valence-corrected chi connectivity index (χ4v) is 2.86. The van der Waals surface area contributed by atoms with Crippen LogP contribution < -0.4 is 5.32 Å². The maximum absolute atomic E-state index is 12.6. The first-order valence-electron chi connectivity index (χ1n) is 8.30. The van der Waals surface area contributed by atoms with Gasteiger partial charge < -0.3 is 14.6 Å². The van der Waals surface area contributed by atoms with Gasteiger partial charge in [0.25, 0.3) is 0 Å². The average Bonchev–Trinajstić information content (AvgIpc) is 3.28. The number of carbonyl (C=O) groups excluding carboxylic acids is 2. The highest BCUT2D eigenvalue weighted by Gasteiger charge is 2.47. The van der Waals surface area contributed by atoms with Crippen LogP contribution in [0.15, 0.2) is 28.7 Å². The molecule has 27 heavy (non-hydrogen) atoms. The standard InChI is InChI=1S/C17H17F3N4O3/c1-10-4-6-11(7-5-10)15-23-22-13(27-15)9-21-14(25)12-3-2-8-24(12)16(26)17(18,19)20/h4-7,12H,2-3,8-9H2,1H3,(H,21,25). The summed E-state index contributed by atoms with van der Waals surface area (Å²) < 4.78 is 43.3. The summed E-state index contributed by atoms with van der Waals surface area (Å²) in [4.78, 5) is 24.2. The van der Waals surface area contributed by atoms with Crippen molar-refractivity contribution >= 4 is 11.8 Å². The summed E-state index contributed by atoms with van der Waals surface area (Å²) in [5, 5.41) is 10.2. The van der Waals surface area contributed by atoms with Crippen molar-refractivity contribution in [2.45, 2.75) is 38.5 Å². The Hall–Kier alpha value is -2.91. The molecule has 1 fully saturated rings. The monoisotopic (exact) mass is 382 g/mol. The number of carbonyl (C=O) groups is 2. The molecular weight excluding hydrogens is 365 g/mol. The van der Waals surface area contributed by atoms with Crippen molar-refractivity contribution in [1.82, 2.24) is 20.4 Å². The van der Waals surface area contributed by atoms with Gasteiger partial charge in [0, 0.05) is 12.1 Å². The van der Waals surface area contributed by atoms with Crippen LogP contribution in [0, 0.1) is 6.92 Å². The summed E-state index contributed by atoms with van der Waals surface area (Å²) in [5.41, 5.74) is 1.78. The zero-order valence-electron chi connectivity index (χ0n) is 14.4. The van der Waals surface area contributed by atoms with Crippen LogP contribution in [0.5, 0.6) is 0 Å². The lowest BCUT2D eigenvalue weighted by atomic mass is 10.1. The number of aromatic nitrogens is 2. The molecule has 1 saturated heterocycles. The van der Waals surface area contributed by atoms with Crippen LogP contribution in [-0.2, 0) is 16.1 Å². The summed E-state index contributed by atoms with van der Waals surface area (Å²) in [6, 6.07) is 6.23. The van der Waals surface area contributed by atoms with Gasteiger partial charge in [-0.25, -0.2) is 0 Å². The number of likely N-dealkylation sites (tertiary alicyclic amines) is 1. The van der Waals surface area contributed by atoms with Gasteiger partial charge in [0.2, 0.25) is 17.7 Å². The molecule has 1 N–H and O–H groups in total. The molecule has 1 aliphatic heterocycles. The lowest BCUT2D eigenvalue weighted by Crippen LogP contribution is -2.50. The van der Waals surface area contributed by atoms with Gasteiger partial charge in [-0.2, -0.15) is 13.2 Å². The lowest BCUT2D eigenvalue weighted by Gasteiger charge is -2.24. The van der Waals surface area contributed by atoms with Crippen molar-refractivity contribution in [1.29, 1.82) is 0 Å². The molecule has 7 nitrogen and oxygen atoms in total. The molecule has 10 heteroatoms. The number of nitrogens with zero attached hydrogens (tertiary/aromatic N) is 3. The van der Waals surface area contributed by atoms with Gasteiger partial charge in [-0.1, -0.05) is 17.7 Å². The third kappa shape index (κ3) is 4.26. The van der Waals surface area contributed by atoms with E-state index in [1.165, 1.54) is 0 Å². The first-order valence-corrected chi connectivity index (χ1v) is 8.30. The Bertz CT molecular complexity index is 833. The highest BCUT2D eigenvalue weighted by Crippen LogP contribution is 2.26. The zero-order valence-corrected chi connectivity index (χ0v) is 14.4. The summed E-state index contributed by atoms with van der Waals surface area (Å²) in [5.74, 6) is -2.29. The molecule has 0 radical (unpaired) electrons. The summed E-state index contributed by atoms with van der Waals surface area (Å²) >= 11 is 0. The second-order valence-corrected chi connectivity index (χ2v) is 6.24. The van der Waals surface area contributed by atoms with E-state index < -0.39 is 24.0 Å². The van der Waals surface area contributed by atoms with Crippen molar-refractivity contribution in [2.75, 3.05) is 6.54 Å². The Labute approximate surface area is 152 Å². The van der Waals surface area contributed by atoms with Crippen molar-refractivity contribution in [3.05, 3.63) is 35.7 Å². The van der Waals surface area contributed by atoms with Crippen LogP contribution >= 0.6 is 0 Å². The van der Waals surface area contributed by atoms with Gasteiger partial charge in [-0.3, -0.25) is 9.59 Å². The molecule has 0 saturated carbocycles. The highest BCUT2D eigenvalue weighted by atomic mass is 19.4. The molecule has 144 valence electrons. The molecule has 1 aliphatic rings. The smallest absolute Gasteiger partial charge is 0.419 e. The number of nitrogens with one attached hydrogen (secondary N) is 1. The van der Waals surface area contributed by atoms with Gasteiger partial charge in [0.05, 0.1) is 6.54 Å². The maximum atomic E-state index is 12.6. The van der Waals surface area contributed by atoms with E-state index in [1.54, 1.807) is 0 Å². The molecule has 1 aromatic heterocycles. The van der Waals surface area contributed by atoms with E-state index in [1.807, 2.05) is 31.2 Å². The second-order valence-electron chi connectivity index (χ2n) is 6.24. The van der Waals surface area contributed by atoms with Crippen LogP contribution in [0.4, 0.5) is 13.2 Å². The molecular formula is C17H17F3N4O3. The Kier molecular flexibility index (Phi) is 5.15. The third-order valence-corrected chi connectivity index (χ3v) is 4.24. The van der Waals surface area contributed by atoms with E-state index in [2.05, 4.69) is 15.5 Å². The van der Waals surface area contributed by atoms with Gasteiger partial charge >= 0.3 is 12.1 Å². The first-order chi connectivity index (χ1) is 12.8. The number of halogens is 3. The molecule has 2 amide bonds. The zero-order chi connectivity index (χ0) is 19.6. The Morgan fingerprint density at radius 1 is 1.26 bits per heavy atom. The fraction of sp³-hybridized carbons (Fsp3) is 0.412. The Morgan fingerprint density at radius 3 is 2.63 bits per heavy atom. The van der Waals surface area contributed by atoms with Crippen LogP contribution in [0.1, 0.15) is 24.3 Å². The Morgan fingerprint density at radius 2 is 1.96 bits per heavy atom. The van der Waals surface area contributed by atoms with Gasteiger partial charge in [0.15, 0.2) is 0 Å². The van der Waals surface area contributed by atoms with Crippen LogP contribution in [0.2, 0.25) is 0 Å². The quantitative estimate of drug-likeness (QED) is 0.876. The lowest BCUT2D eigenvalue weighted by molar-refractivity contribution is -0.186. The van der Waals surface area contributed by atoms with Crippen molar-refractivity contribution < 1.29 is 27.2 Å². The fourth-order valence-electron chi connectivity index (χ4n) is 2.86. The molecule has 2 aromatic rings. The molecule has 1 unspecified atom stereocenters. The van der Waals surface area contributed by atoms with Crippen molar-refractivity contribution in [3.8, 4) is 11.5 Å². The molecule has 0 aliphatic carbocycles. The van der Waals surface area contributed by atoms with E-state index >= 15 is 0 Å². The van der Waals surface area contributed by atoms with Crippen LogP contribution in [0.3, 0.4) is 0 Å². The van der Waals surface area contributed by atoms with Crippen molar-refractivity contribution in [2.24, 2.45) is 0 Å². The van der Waals surface area contributed by atoms with Gasteiger partial charge in [-0.05, 0) is 31.9 Å². The highest BCUT2D eigenvalue weighted by molar-refractivity contribution is 5.90. The first kappa shape index (κ1) is 18.9. The van der Waals surface area contributed by atoms with Gasteiger partial charge in [-0.15, -0.1) is 10.2 Å². The molecule has 1 atom stereocenters. The normalized spacial score (nSPS) is 17.2. The average molecular weight is 382 g/mol. The summed E-state index contributed by atoms with van der Waals surface area (Å²) in [6.45, 7) is 1.70. The van der Waals surface area contributed by atoms with E-state index in [-0.39, 0.29) is 31.3 Å². The predicted octanol–water partition coefficient (Wildman–Crippen LogP) is 2.21. The van der Waals surface area contributed by atoms with E-state index in [0.717, 1.165) is 5.56 Å². The summed E-state index contributed by atoms with van der Waals surface area (Å²) in [7, 11) is 0. The maximum Gasteiger partial charge on any atom is 0.471 e. The van der Waals surface area contributed by atoms with Crippen LogP contribution in [-0.4, -0.2) is 45.7 Å². The van der Waals surface area contributed by atoms with E-state index in [9.17, 15) is 22.8 Å². The number of benzene rings is 1. The molecule has 1 aromatic carbocycles. The minimum Gasteiger partial charge on any atom is -0.419 e. The molecule has 2 heterocycles.